The van der Waals surface area contributed by atoms with Crippen molar-refractivity contribution in [3.63, 3.8) is 0 Å². The predicted molar refractivity (Wildman–Crippen MR) is 103 cm³/mol. The van der Waals surface area contributed by atoms with Crippen molar-refractivity contribution in [1.29, 1.82) is 0 Å². The van der Waals surface area contributed by atoms with Crippen LogP contribution in [0.15, 0.2) is 30.3 Å². The van der Waals surface area contributed by atoms with Crippen molar-refractivity contribution in [2.45, 2.75) is 33.2 Å². The summed E-state index contributed by atoms with van der Waals surface area (Å²) < 4.78 is 2.12. The highest BCUT2D eigenvalue weighted by Crippen LogP contribution is 2.23. The molecule has 0 spiro atoms. The van der Waals surface area contributed by atoms with Crippen LogP contribution in [0.25, 0.3) is 0 Å². The number of rotatable bonds is 5. The van der Waals surface area contributed by atoms with E-state index in [-0.39, 0.29) is 11.8 Å². The van der Waals surface area contributed by atoms with E-state index < -0.39 is 0 Å². The zero-order valence-electron chi connectivity index (χ0n) is 16.0. The van der Waals surface area contributed by atoms with E-state index in [1.165, 1.54) is 10.6 Å². The summed E-state index contributed by atoms with van der Waals surface area (Å²) in [6, 6.07) is 9.21. The van der Waals surface area contributed by atoms with Crippen molar-refractivity contribution < 1.29 is 9.59 Å². The number of aromatic nitrogens is 2. The molecule has 2 aliphatic heterocycles. The lowest BCUT2D eigenvalue weighted by atomic mass is 9.97. The van der Waals surface area contributed by atoms with E-state index in [0.29, 0.717) is 23.6 Å². The molecule has 0 radical (unpaired) electrons. The van der Waals surface area contributed by atoms with Crippen LogP contribution in [-0.4, -0.2) is 57.6 Å². The Bertz CT molecular complexity index is 830. The molecule has 142 valence electrons. The number of hydrogen-bond donors (Lipinski definition) is 0. The molecule has 4 rings (SSSR count). The highest BCUT2D eigenvalue weighted by atomic mass is 16.2. The van der Waals surface area contributed by atoms with E-state index in [1.54, 1.807) is 24.3 Å². The summed E-state index contributed by atoms with van der Waals surface area (Å²) >= 11 is 0. The second-order valence-corrected chi connectivity index (χ2v) is 7.70. The summed E-state index contributed by atoms with van der Waals surface area (Å²) in [5, 5.41) is 4.57. The van der Waals surface area contributed by atoms with Crippen molar-refractivity contribution in [2.24, 2.45) is 5.92 Å². The fourth-order valence-electron chi connectivity index (χ4n) is 4.18. The molecule has 1 fully saturated rings. The Balaban J connectivity index is 1.27. The van der Waals surface area contributed by atoms with Gasteiger partial charge in [-0.3, -0.25) is 19.2 Å². The number of imide groups is 1. The van der Waals surface area contributed by atoms with E-state index in [4.69, 9.17) is 0 Å². The first-order valence-corrected chi connectivity index (χ1v) is 9.71. The van der Waals surface area contributed by atoms with E-state index in [0.717, 1.165) is 44.7 Å². The number of carbonyl (C=O) groups is 2. The Morgan fingerprint density at radius 2 is 1.63 bits per heavy atom. The molecule has 2 aromatic rings. The normalized spacial score (nSPS) is 18.4. The van der Waals surface area contributed by atoms with Gasteiger partial charge in [0.15, 0.2) is 0 Å². The number of nitrogens with zero attached hydrogens (tertiary/aromatic N) is 4. The highest BCUT2D eigenvalue weighted by molar-refractivity contribution is 6.21. The second kappa shape index (κ2) is 7.27. The summed E-state index contributed by atoms with van der Waals surface area (Å²) in [6.07, 6.45) is 2.25. The second-order valence-electron chi connectivity index (χ2n) is 7.70. The Morgan fingerprint density at radius 3 is 2.19 bits per heavy atom. The first-order chi connectivity index (χ1) is 13.0. The van der Waals surface area contributed by atoms with E-state index >= 15 is 0 Å². The Morgan fingerprint density at radius 1 is 1.00 bits per heavy atom. The maximum atomic E-state index is 12.4. The molecule has 6 heteroatoms. The summed E-state index contributed by atoms with van der Waals surface area (Å²) in [5.41, 5.74) is 3.36. The van der Waals surface area contributed by atoms with Crippen LogP contribution < -0.4 is 0 Å². The number of benzene rings is 1. The molecule has 0 unspecified atom stereocenters. The number of likely N-dealkylation sites (tertiary alicyclic amines) is 1. The van der Waals surface area contributed by atoms with Crippen LogP contribution in [0.3, 0.4) is 0 Å². The quantitative estimate of drug-likeness (QED) is 0.763. The third kappa shape index (κ3) is 3.54. The maximum Gasteiger partial charge on any atom is 0.261 e. The molecule has 2 amide bonds. The van der Waals surface area contributed by atoms with Crippen LogP contribution in [0.1, 0.15) is 44.9 Å². The molecule has 2 aliphatic rings. The van der Waals surface area contributed by atoms with Crippen LogP contribution in [0.5, 0.6) is 0 Å². The van der Waals surface area contributed by atoms with Crippen LogP contribution in [0.2, 0.25) is 0 Å². The lowest BCUT2D eigenvalue weighted by Crippen LogP contribution is -2.42. The number of amides is 2. The predicted octanol–water partition coefficient (Wildman–Crippen LogP) is 2.51. The van der Waals surface area contributed by atoms with E-state index in [1.807, 2.05) is 6.92 Å². The Kier molecular flexibility index (Phi) is 4.83. The van der Waals surface area contributed by atoms with E-state index in [2.05, 4.69) is 27.7 Å². The molecule has 0 bridgehead atoms. The minimum Gasteiger partial charge on any atom is -0.302 e. The average molecular weight is 366 g/mol. The first kappa shape index (κ1) is 17.9. The average Bonchev–Trinajstić information content (AvgIpc) is 3.11. The van der Waals surface area contributed by atoms with Gasteiger partial charge in [0.05, 0.1) is 16.8 Å². The molecule has 3 heterocycles. The van der Waals surface area contributed by atoms with Crippen LogP contribution in [0.4, 0.5) is 0 Å². The fraction of sp³-hybridized carbons (Fsp3) is 0.476. The van der Waals surface area contributed by atoms with Crippen LogP contribution >= 0.6 is 0 Å². The maximum absolute atomic E-state index is 12.4. The lowest BCUT2D eigenvalue weighted by molar-refractivity contribution is 0.0624. The van der Waals surface area contributed by atoms with Gasteiger partial charge in [-0.15, -0.1) is 0 Å². The van der Waals surface area contributed by atoms with Gasteiger partial charge in [-0.2, -0.15) is 5.10 Å². The number of hydrogen-bond acceptors (Lipinski definition) is 4. The molecule has 1 aromatic carbocycles. The molecule has 27 heavy (non-hydrogen) atoms. The molecule has 0 aliphatic carbocycles. The van der Waals surface area contributed by atoms with Crippen LogP contribution in [0, 0.1) is 19.8 Å². The van der Waals surface area contributed by atoms with Crippen molar-refractivity contribution >= 4 is 11.8 Å². The summed E-state index contributed by atoms with van der Waals surface area (Å²) in [5.74, 6) is 0.323. The van der Waals surface area contributed by atoms with Gasteiger partial charge in [0.25, 0.3) is 11.8 Å². The lowest BCUT2D eigenvalue weighted by Gasteiger charge is -2.32. The molecule has 0 atom stereocenters. The van der Waals surface area contributed by atoms with Gasteiger partial charge < -0.3 is 4.90 Å². The molecular weight excluding hydrogens is 340 g/mol. The molecule has 0 N–H and O–H groups in total. The van der Waals surface area contributed by atoms with Gasteiger partial charge in [0.2, 0.25) is 0 Å². The molecule has 1 saturated heterocycles. The zero-order valence-corrected chi connectivity index (χ0v) is 16.0. The smallest absolute Gasteiger partial charge is 0.261 e. The Labute approximate surface area is 159 Å². The first-order valence-electron chi connectivity index (χ1n) is 9.71. The monoisotopic (exact) mass is 366 g/mol. The van der Waals surface area contributed by atoms with Gasteiger partial charge in [0.1, 0.15) is 0 Å². The number of fused-ring (bicyclic) bond motifs is 1. The number of aryl methyl sites for hydroxylation is 2. The SMILES string of the molecule is Cc1cc(C)n(CC2CCN(CCN3C(=O)c4ccccc4C3=O)CC2)n1. The van der Waals surface area contributed by atoms with E-state index in [9.17, 15) is 9.59 Å². The standard InChI is InChI=1S/C21H26N4O2/c1-15-13-16(2)25(22-15)14-17-7-9-23(10-8-17)11-12-24-20(26)18-5-3-4-6-19(18)21(24)27/h3-6,13,17H,7-12,14H2,1-2H3. The third-order valence-corrected chi connectivity index (χ3v) is 5.76. The molecule has 6 nitrogen and oxygen atoms in total. The van der Waals surface area contributed by atoms with Crippen molar-refractivity contribution in [1.82, 2.24) is 19.6 Å². The third-order valence-electron chi connectivity index (χ3n) is 5.76. The summed E-state index contributed by atoms with van der Waals surface area (Å²) in [6.45, 7) is 8.35. The van der Waals surface area contributed by atoms with Crippen molar-refractivity contribution in [3.05, 3.63) is 52.8 Å². The minimum absolute atomic E-state index is 0.157. The van der Waals surface area contributed by atoms with Gasteiger partial charge in [-0.1, -0.05) is 12.1 Å². The summed E-state index contributed by atoms with van der Waals surface area (Å²) in [4.78, 5) is 28.6. The Hall–Kier alpha value is -2.47. The van der Waals surface area contributed by atoms with Gasteiger partial charge in [0, 0.05) is 25.3 Å². The van der Waals surface area contributed by atoms with Gasteiger partial charge in [-0.05, 0) is 63.9 Å². The molecule has 0 saturated carbocycles. The number of carbonyl (C=O) groups excluding carboxylic acids is 2. The van der Waals surface area contributed by atoms with Gasteiger partial charge in [-0.25, -0.2) is 0 Å². The minimum atomic E-state index is -0.157. The zero-order chi connectivity index (χ0) is 19.0. The van der Waals surface area contributed by atoms with Crippen molar-refractivity contribution in [2.75, 3.05) is 26.2 Å². The molecular formula is C21H26N4O2. The highest BCUT2D eigenvalue weighted by Gasteiger charge is 2.35. The molecule has 1 aromatic heterocycles. The summed E-state index contributed by atoms with van der Waals surface area (Å²) in [7, 11) is 0. The largest absolute Gasteiger partial charge is 0.302 e. The number of piperidine rings is 1. The fourth-order valence-corrected chi connectivity index (χ4v) is 4.18. The van der Waals surface area contributed by atoms with Crippen LogP contribution in [-0.2, 0) is 6.54 Å². The van der Waals surface area contributed by atoms with Crippen molar-refractivity contribution in [3.8, 4) is 0 Å². The van der Waals surface area contributed by atoms with Gasteiger partial charge >= 0.3 is 0 Å². The topological polar surface area (TPSA) is 58.4 Å².